The van der Waals surface area contributed by atoms with Gasteiger partial charge in [-0.1, -0.05) is 12.1 Å². The van der Waals surface area contributed by atoms with E-state index >= 15 is 0 Å². The fourth-order valence-corrected chi connectivity index (χ4v) is 4.06. The number of hydrogen-bond acceptors (Lipinski definition) is 5. The van der Waals surface area contributed by atoms with Crippen LogP contribution in [0.4, 0.5) is 0 Å². The van der Waals surface area contributed by atoms with Gasteiger partial charge < -0.3 is 0 Å². The van der Waals surface area contributed by atoms with E-state index in [0.29, 0.717) is 25.3 Å². The van der Waals surface area contributed by atoms with Crippen molar-refractivity contribution in [2.24, 2.45) is 5.92 Å². The van der Waals surface area contributed by atoms with E-state index in [0.717, 1.165) is 29.5 Å². The second kappa shape index (κ2) is 5.33. The Morgan fingerprint density at radius 3 is 3.20 bits per heavy atom. The van der Waals surface area contributed by atoms with E-state index in [1.54, 1.807) is 11.3 Å². The molecule has 104 valence electrons. The van der Waals surface area contributed by atoms with Crippen molar-refractivity contribution >= 4 is 21.6 Å². The standard InChI is InChI=1S/C14H16N4OS/c1-9-4-5-10-11(8-9)20-13-12(10)14(19)18(17-16-13)7-3-2-6-15/h9H,2-5,7-8H2,1H3. The molecule has 0 radical (unpaired) electrons. The lowest BCUT2D eigenvalue weighted by atomic mass is 9.89. The first-order chi connectivity index (χ1) is 9.70. The lowest BCUT2D eigenvalue weighted by Gasteiger charge is -2.17. The van der Waals surface area contributed by atoms with Crippen LogP contribution in [0.25, 0.3) is 10.2 Å². The quantitative estimate of drug-likeness (QED) is 0.812. The van der Waals surface area contributed by atoms with Gasteiger partial charge in [-0.05, 0) is 37.2 Å². The van der Waals surface area contributed by atoms with Crippen LogP contribution in [0.15, 0.2) is 4.79 Å². The molecule has 0 spiro atoms. The van der Waals surface area contributed by atoms with E-state index in [1.165, 1.54) is 15.1 Å². The van der Waals surface area contributed by atoms with Gasteiger partial charge in [-0.3, -0.25) is 4.79 Å². The van der Waals surface area contributed by atoms with E-state index in [9.17, 15) is 4.79 Å². The Labute approximate surface area is 120 Å². The van der Waals surface area contributed by atoms with E-state index < -0.39 is 0 Å². The monoisotopic (exact) mass is 288 g/mol. The number of nitriles is 1. The van der Waals surface area contributed by atoms with Crippen LogP contribution in [0.2, 0.25) is 0 Å². The number of rotatable bonds is 3. The van der Waals surface area contributed by atoms with Gasteiger partial charge in [0.1, 0.15) is 0 Å². The predicted octanol–water partition coefficient (Wildman–Crippen LogP) is 2.28. The Morgan fingerprint density at radius 2 is 2.40 bits per heavy atom. The number of nitrogens with zero attached hydrogens (tertiary/aromatic N) is 4. The van der Waals surface area contributed by atoms with E-state index in [2.05, 4.69) is 23.3 Å². The summed E-state index contributed by atoms with van der Waals surface area (Å²) in [5.74, 6) is 0.682. The smallest absolute Gasteiger partial charge is 0.267 e. The molecule has 3 rings (SSSR count). The molecule has 1 aliphatic rings. The first-order valence-corrected chi connectivity index (χ1v) is 7.77. The second-order valence-electron chi connectivity index (χ2n) is 5.41. The normalized spacial score (nSPS) is 17.9. The molecule has 2 aromatic rings. The highest BCUT2D eigenvalue weighted by molar-refractivity contribution is 7.18. The van der Waals surface area contributed by atoms with Gasteiger partial charge in [0.15, 0.2) is 4.83 Å². The van der Waals surface area contributed by atoms with Gasteiger partial charge in [0, 0.05) is 17.8 Å². The molecular formula is C14H16N4OS. The van der Waals surface area contributed by atoms with Crippen LogP contribution >= 0.6 is 11.3 Å². The zero-order chi connectivity index (χ0) is 14.1. The number of unbranched alkanes of at least 4 members (excludes halogenated alkanes) is 1. The van der Waals surface area contributed by atoms with Gasteiger partial charge in [0.05, 0.1) is 11.5 Å². The van der Waals surface area contributed by atoms with Crippen LogP contribution in [0.3, 0.4) is 0 Å². The third-order valence-corrected chi connectivity index (χ3v) is 4.98. The molecule has 0 amide bonds. The molecule has 1 atom stereocenters. The molecule has 2 aromatic heterocycles. The minimum atomic E-state index is -0.0417. The van der Waals surface area contributed by atoms with Crippen LogP contribution in [0.1, 0.15) is 36.6 Å². The van der Waals surface area contributed by atoms with Gasteiger partial charge >= 0.3 is 0 Å². The molecule has 1 aliphatic carbocycles. The lowest BCUT2D eigenvalue weighted by molar-refractivity contribution is 0.507. The lowest BCUT2D eigenvalue weighted by Crippen LogP contribution is -2.24. The summed E-state index contributed by atoms with van der Waals surface area (Å²) < 4.78 is 1.41. The largest absolute Gasteiger partial charge is 0.278 e. The Kier molecular flexibility index (Phi) is 3.53. The maximum Gasteiger partial charge on any atom is 0.278 e. The number of aromatic nitrogens is 3. The van der Waals surface area contributed by atoms with E-state index in [-0.39, 0.29) is 5.56 Å². The molecule has 0 N–H and O–H groups in total. The van der Waals surface area contributed by atoms with Crippen LogP contribution in [-0.2, 0) is 19.4 Å². The summed E-state index contributed by atoms with van der Waals surface area (Å²) in [6.45, 7) is 2.72. The zero-order valence-electron chi connectivity index (χ0n) is 11.4. The van der Waals surface area contributed by atoms with Gasteiger partial charge in [-0.15, -0.1) is 16.4 Å². The first-order valence-electron chi connectivity index (χ1n) is 6.95. The maximum atomic E-state index is 12.5. The maximum absolute atomic E-state index is 12.5. The molecule has 0 bridgehead atoms. The Balaban J connectivity index is 2.04. The van der Waals surface area contributed by atoms with Gasteiger partial charge in [0.2, 0.25) is 0 Å². The Hall–Kier alpha value is -1.74. The van der Waals surface area contributed by atoms with Crippen molar-refractivity contribution in [3.8, 4) is 6.07 Å². The molecule has 6 heteroatoms. The minimum Gasteiger partial charge on any atom is -0.267 e. The molecule has 20 heavy (non-hydrogen) atoms. The third kappa shape index (κ3) is 2.22. The second-order valence-corrected chi connectivity index (χ2v) is 6.49. The molecule has 2 heterocycles. The van der Waals surface area contributed by atoms with Crippen LogP contribution in [-0.4, -0.2) is 15.0 Å². The van der Waals surface area contributed by atoms with Crippen molar-refractivity contribution in [3.05, 3.63) is 20.8 Å². The van der Waals surface area contributed by atoms with Gasteiger partial charge in [-0.2, -0.15) is 5.26 Å². The van der Waals surface area contributed by atoms with Gasteiger partial charge in [-0.25, -0.2) is 4.68 Å². The number of hydrogen-bond donors (Lipinski definition) is 0. The van der Waals surface area contributed by atoms with E-state index in [1.807, 2.05) is 0 Å². The average Bonchev–Trinajstić information content (AvgIpc) is 2.79. The summed E-state index contributed by atoms with van der Waals surface area (Å²) in [5, 5.41) is 17.5. The highest BCUT2D eigenvalue weighted by Crippen LogP contribution is 2.35. The average molecular weight is 288 g/mol. The summed E-state index contributed by atoms with van der Waals surface area (Å²) >= 11 is 1.62. The fourth-order valence-electron chi connectivity index (χ4n) is 2.75. The van der Waals surface area contributed by atoms with Crippen LogP contribution in [0.5, 0.6) is 0 Å². The molecule has 0 aromatic carbocycles. The van der Waals surface area contributed by atoms with Crippen molar-refractivity contribution < 1.29 is 0 Å². The summed E-state index contributed by atoms with van der Waals surface area (Å²) in [7, 11) is 0. The molecule has 0 aliphatic heterocycles. The van der Waals surface area contributed by atoms with Gasteiger partial charge in [0.25, 0.3) is 5.56 Å². The number of aryl methyl sites for hydroxylation is 2. The molecule has 0 saturated heterocycles. The van der Waals surface area contributed by atoms with Crippen molar-refractivity contribution in [2.45, 2.75) is 45.6 Å². The Morgan fingerprint density at radius 1 is 1.55 bits per heavy atom. The van der Waals surface area contributed by atoms with Crippen molar-refractivity contribution in [1.29, 1.82) is 5.26 Å². The highest BCUT2D eigenvalue weighted by atomic mass is 32.1. The molecule has 0 fully saturated rings. The van der Waals surface area contributed by atoms with Crippen LogP contribution < -0.4 is 5.56 Å². The van der Waals surface area contributed by atoms with Crippen LogP contribution in [0, 0.1) is 17.2 Å². The summed E-state index contributed by atoms with van der Waals surface area (Å²) in [6, 6.07) is 2.08. The minimum absolute atomic E-state index is 0.0417. The highest BCUT2D eigenvalue weighted by Gasteiger charge is 2.23. The molecule has 0 saturated carbocycles. The zero-order valence-corrected chi connectivity index (χ0v) is 12.2. The SMILES string of the molecule is CC1CCc2c(sc3nnn(CCCC#N)c(=O)c23)C1. The number of thiophene rings is 1. The van der Waals surface area contributed by atoms with Crippen molar-refractivity contribution in [2.75, 3.05) is 0 Å². The topological polar surface area (TPSA) is 71.6 Å². The molecule has 1 unspecified atom stereocenters. The summed E-state index contributed by atoms with van der Waals surface area (Å²) in [5.41, 5.74) is 1.15. The predicted molar refractivity (Wildman–Crippen MR) is 77.7 cm³/mol. The number of fused-ring (bicyclic) bond motifs is 3. The summed E-state index contributed by atoms with van der Waals surface area (Å²) in [4.78, 5) is 14.6. The first kappa shape index (κ1) is 13.3. The summed E-state index contributed by atoms with van der Waals surface area (Å²) in [6.07, 6.45) is 4.22. The van der Waals surface area contributed by atoms with Crippen molar-refractivity contribution in [3.63, 3.8) is 0 Å². The third-order valence-electron chi connectivity index (χ3n) is 3.84. The Bertz CT molecular complexity index is 740. The van der Waals surface area contributed by atoms with E-state index in [4.69, 9.17) is 5.26 Å². The molecular weight excluding hydrogens is 272 g/mol. The molecule has 5 nitrogen and oxygen atoms in total. The van der Waals surface area contributed by atoms with Crippen molar-refractivity contribution in [1.82, 2.24) is 15.0 Å². The fraction of sp³-hybridized carbons (Fsp3) is 0.571.